The Balaban J connectivity index is 1.73. The number of benzene rings is 1. The van der Waals surface area contributed by atoms with Crippen LogP contribution in [0.2, 0.25) is 0 Å². The lowest BCUT2D eigenvalue weighted by Crippen LogP contribution is -2.12. The number of carbonyl (C=O) groups excluding carboxylic acids is 1. The predicted octanol–water partition coefficient (Wildman–Crippen LogP) is 3.86. The summed E-state index contributed by atoms with van der Waals surface area (Å²) in [5.74, 6) is -0.259. The van der Waals surface area contributed by atoms with E-state index in [1.807, 2.05) is 19.1 Å². The first-order valence-corrected chi connectivity index (χ1v) is 8.23. The first-order chi connectivity index (χ1) is 10.7. The maximum atomic E-state index is 12.1. The van der Waals surface area contributed by atoms with Crippen LogP contribution in [-0.2, 0) is 0 Å². The number of pyridine rings is 1. The summed E-state index contributed by atoms with van der Waals surface area (Å²) in [5, 5.41) is 4.38. The molecule has 1 N–H and O–H groups in total. The number of carbonyl (C=O) groups is 1. The van der Waals surface area contributed by atoms with Crippen molar-refractivity contribution in [3.05, 3.63) is 47.2 Å². The van der Waals surface area contributed by atoms with Crippen LogP contribution in [-0.4, -0.2) is 20.9 Å². The molecule has 0 radical (unpaired) electrons. The fourth-order valence-electron chi connectivity index (χ4n) is 2.20. The van der Waals surface area contributed by atoms with Gasteiger partial charge in [0, 0.05) is 6.20 Å². The number of aromatic nitrogens is 3. The van der Waals surface area contributed by atoms with Gasteiger partial charge in [-0.25, -0.2) is 9.97 Å². The molecule has 0 fully saturated rings. The van der Waals surface area contributed by atoms with E-state index >= 15 is 0 Å². The number of thiazole rings is 2. The quantitative estimate of drug-likeness (QED) is 0.607. The molecular weight excluding hydrogens is 316 g/mol. The van der Waals surface area contributed by atoms with Gasteiger partial charge in [-0.1, -0.05) is 17.4 Å². The van der Waals surface area contributed by atoms with Gasteiger partial charge in [-0.05, 0) is 31.2 Å². The third-order valence-corrected chi connectivity index (χ3v) is 5.07. The van der Waals surface area contributed by atoms with Crippen molar-refractivity contribution in [1.29, 1.82) is 0 Å². The van der Waals surface area contributed by atoms with Crippen LogP contribution in [0.5, 0.6) is 0 Å². The van der Waals surface area contributed by atoms with Gasteiger partial charge in [0.15, 0.2) is 5.13 Å². The van der Waals surface area contributed by atoms with E-state index in [9.17, 15) is 4.79 Å². The van der Waals surface area contributed by atoms with E-state index < -0.39 is 0 Å². The zero-order chi connectivity index (χ0) is 15.1. The minimum absolute atomic E-state index is 0.259. The van der Waals surface area contributed by atoms with Crippen LogP contribution in [0.25, 0.3) is 20.4 Å². The smallest absolute Gasteiger partial charge is 0.276 e. The number of hydrogen-bond donors (Lipinski definition) is 1. The Morgan fingerprint density at radius 1 is 1.14 bits per heavy atom. The largest absolute Gasteiger partial charge is 0.296 e. The summed E-state index contributed by atoms with van der Waals surface area (Å²) in [6.07, 6.45) is 1.59. The molecule has 3 heterocycles. The van der Waals surface area contributed by atoms with Gasteiger partial charge in [-0.15, -0.1) is 11.3 Å². The molecule has 0 aliphatic rings. The van der Waals surface area contributed by atoms with Crippen LogP contribution in [0.15, 0.2) is 36.5 Å². The maximum absolute atomic E-state index is 12.1. The van der Waals surface area contributed by atoms with E-state index in [0.29, 0.717) is 10.8 Å². The van der Waals surface area contributed by atoms with Crippen LogP contribution in [0.1, 0.15) is 15.5 Å². The Labute approximate surface area is 133 Å². The molecule has 1 aromatic carbocycles. The number of aryl methyl sites for hydroxylation is 1. The standard InChI is InChI=1S/C15H10N4OS2/c1-8-17-12-11(21-8)6-5-9-13(12)22-15(18-9)19-14(20)10-4-2-3-7-16-10/h2-7H,1H3,(H,18,19,20). The van der Waals surface area contributed by atoms with E-state index in [-0.39, 0.29) is 5.91 Å². The summed E-state index contributed by atoms with van der Waals surface area (Å²) in [5.41, 5.74) is 2.17. The molecule has 5 nitrogen and oxygen atoms in total. The lowest BCUT2D eigenvalue weighted by atomic mass is 10.3. The Bertz CT molecular complexity index is 991. The molecule has 0 saturated carbocycles. The van der Waals surface area contributed by atoms with Crippen molar-refractivity contribution in [2.75, 3.05) is 5.32 Å². The van der Waals surface area contributed by atoms with Gasteiger partial charge < -0.3 is 0 Å². The number of nitrogens with one attached hydrogen (secondary N) is 1. The minimum Gasteiger partial charge on any atom is -0.296 e. The fraction of sp³-hybridized carbons (Fsp3) is 0.0667. The molecule has 0 spiro atoms. The van der Waals surface area contributed by atoms with E-state index in [1.54, 1.807) is 35.7 Å². The van der Waals surface area contributed by atoms with Gasteiger partial charge in [-0.3, -0.25) is 15.1 Å². The van der Waals surface area contributed by atoms with Crippen molar-refractivity contribution in [3.63, 3.8) is 0 Å². The summed E-state index contributed by atoms with van der Waals surface area (Å²) in [7, 11) is 0. The molecule has 4 rings (SSSR count). The first kappa shape index (κ1) is 13.3. The Kier molecular flexibility index (Phi) is 3.09. The lowest BCUT2D eigenvalue weighted by molar-refractivity contribution is 0.102. The second kappa shape index (κ2) is 5.11. The normalized spacial score (nSPS) is 11.1. The number of fused-ring (bicyclic) bond motifs is 3. The molecule has 0 saturated heterocycles. The molecule has 1 amide bonds. The Morgan fingerprint density at radius 3 is 2.86 bits per heavy atom. The van der Waals surface area contributed by atoms with Crippen LogP contribution in [0, 0.1) is 6.92 Å². The van der Waals surface area contributed by atoms with Crippen molar-refractivity contribution < 1.29 is 4.79 Å². The molecule has 0 aliphatic heterocycles. The average molecular weight is 326 g/mol. The molecule has 3 aromatic heterocycles. The van der Waals surface area contributed by atoms with E-state index in [0.717, 1.165) is 25.4 Å². The Hall–Kier alpha value is -2.38. The highest BCUT2D eigenvalue weighted by molar-refractivity contribution is 7.24. The van der Waals surface area contributed by atoms with Crippen molar-refractivity contribution in [2.45, 2.75) is 6.92 Å². The summed E-state index contributed by atoms with van der Waals surface area (Å²) in [4.78, 5) is 25.2. The molecule has 108 valence electrons. The van der Waals surface area contributed by atoms with Gasteiger partial charge in [0.1, 0.15) is 11.2 Å². The average Bonchev–Trinajstić information content (AvgIpc) is 3.09. The zero-order valence-corrected chi connectivity index (χ0v) is 13.2. The predicted molar refractivity (Wildman–Crippen MR) is 89.7 cm³/mol. The molecule has 0 unspecified atom stereocenters. The molecule has 7 heteroatoms. The monoisotopic (exact) mass is 326 g/mol. The molecule has 0 aliphatic carbocycles. The summed E-state index contributed by atoms with van der Waals surface area (Å²) in [6, 6.07) is 9.21. The van der Waals surface area contributed by atoms with Crippen LogP contribution >= 0.6 is 22.7 Å². The van der Waals surface area contributed by atoms with Crippen LogP contribution in [0.4, 0.5) is 5.13 Å². The lowest BCUT2D eigenvalue weighted by Gasteiger charge is -1.99. The summed E-state index contributed by atoms with van der Waals surface area (Å²) < 4.78 is 2.13. The first-order valence-electron chi connectivity index (χ1n) is 6.60. The number of nitrogens with zero attached hydrogens (tertiary/aromatic N) is 3. The van der Waals surface area contributed by atoms with Gasteiger partial charge in [0.05, 0.1) is 19.9 Å². The van der Waals surface area contributed by atoms with Crippen LogP contribution in [0.3, 0.4) is 0 Å². The highest BCUT2D eigenvalue weighted by Gasteiger charge is 2.13. The number of hydrogen-bond acceptors (Lipinski definition) is 6. The van der Waals surface area contributed by atoms with Crippen LogP contribution < -0.4 is 5.32 Å². The van der Waals surface area contributed by atoms with Crippen molar-refractivity contribution >= 4 is 54.1 Å². The molecule has 0 atom stereocenters. The van der Waals surface area contributed by atoms with E-state index in [2.05, 4.69) is 20.3 Å². The highest BCUT2D eigenvalue weighted by Crippen LogP contribution is 2.34. The molecule has 4 aromatic rings. The number of anilines is 1. The fourth-order valence-corrected chi connectivity index (χ4v) is 4.05. The van der Waals surface area contributed by atoms with Gasteiger partial charge in [0.2, 0.25) is 0 Å². The topological polar surface area (TPSA) is 67.8 Å². The zero-order valence-electron chi connectivity index (χ0n) is 11.5. The minimum atomic E-state index is -0.259. The molecule has 0 bridgehead atoms. The van der Waals surface area contributed by atoms with Gasteiger partial charge in [-0.2, -0.15) is 0 Å². The third kappa shape index (κ3) is 2.24. The highest BCUT2D eigenvalue weighted by atomic mass is 32.1. The van der Waals surface area contributed by atoms with Crippen molar-refractivity contribution in [3.8, 4) is 0 Å². The second-order valence-electron chi connectivity index (χ2n) is 4.68. The summed E-state index contributed by atoms with van der Waals surface area (Å²) >= 11 is 3.09. The molecular formula is C15H10N4OS2. The van der Waals surface area contributed by atoms with Crippen molar-refractivity contribution in [2.24, 2.45) is 0 Å². The number of amides is 1. The van der Waals surface area contributed by atoms with Gasteiger partial charge in [0.25, 0.3) is 5.91 Å². The third-order valence-electron chi connectivity index (χ3n) is 3.14. The van der Waals surface area contributed by atoms with E-state index in [1.165, 1.54) is 11.3 Å². The summed E-state index contributed by atoms with van der Waals surface area (Å²) in [6.45, 7) is 1.99. The molecule has 22 heavy (non-hydrogen) atoms. The van der Waals surface area contributed by atoms with Crippen molar-refractivity contribution in [1.82, 2.24) is 15.0 Å². The SMILES string of the molecule is Cc1nc2c(ccc3nc(NC(=O)c4ccccn4)sc32)s1. The number of rotatable bonds is 2. The Morgan fingerprint density at radius 2 is 2.05 bits per heavy atom. The van der Waals surface area contributed by atoms with E-state index in [4.69, 9.17) is 0 Å². The second-order valence-corrected chi connectivity index (χ2v) is 6.92. The maximum Gasteiger partial charge on any atom is 0.276 e. The van der Waals surface area contributed by atoms with Gasteiger partial charge >= 0.3 is 0 Å².